The highest BCUT2D eigenvalue weighted by Crippen LogP contribution is 2.32. The highest BCUT2D eigenvalue weighted by molar-refractivity contribution is 5.75. The molecule has 1 heterocycles. The number of nitrogens with zero attached hydrogens (tertiary/aromatic N) is 1. The van der Waals surface area contributed by atoms with Crippen LogP contribution in [0.5, 0.6) is 0 Å². The first kappa shape index (κ1) is 13.1. The van der Waals surface area contributed by atoms with E-state index in [4.69, 9.17) is 0 Å². The SMILES string of the molecule is CC(C)C1CCCN1C(C(=O)O)c1ccccc1. The lowest BCUT2D eigenvalue weighted by Crippen LogP contribution is -2.40. The van der Waals surface area contributed by atoms with Crippen molar-refractivity contribution in [3.8, 4) is 0 Å². The van der Waals surface area contributed by atoms with Gasteiger partial charge in [0.05, 0.1) is 0 Å². The number of carboxylic acid groups (broad SMARTS) is 1. The van der Waals surface area contributed by atoms with Crippen molar-refractivity contribution in [2.45, 2.75) is 38.8 Å². The summed E-state index contributed by atoms with van der Waals surface area (Å²) in [6.07, 6.45) is 2.20. The maximum absolute atomic E-state index is 11.6. The molecule has 1 aliphatic heterocycles. The van der Waals surface area contributed by atoms with Gasteiger partial charge in [0.1, 0.15) is 6.04 Å². The summed E-state index contributed by atoms with van der Waals surface area (Å²) in [5, 5.41) is 9.54. The smallest absolute Gasteiger partial charge is 0.325 e. The van der Waals surface area contributed by atoms with Gasteiger partial charge in [-0.2, -0.15) is 0 Å². The van der Waals surface area contributed by atoms with E-state index in [0.717, 1.165) is 24.9 Å². The molecule has 1 aromatic rings. The van der Waals surface area contributed by atoms with Gasteiger partial charge in [0, 0.05) is 6.04 Å². The Bertz CT molecular complexity index is 402. The lowest BCUT2D eigenvalue weighted by atomic mass is 9.98. The van der Waals surface area contributed by atoms with Crippen LogP contribution in [0.3, 0.4) is 0 Å². The molecule has 0 bridgehead atoms. The summed E-state index contributed by atoms with van der Waals surface area (Å²) >= 11 is 0. The largest absolute Gasteiger partial charge is 0.480 e. The minimum absolute atomic E-state index is 0.381. The lowest BCUT2D eigenvalue weighted by molar-refractivity contribution is -0.144. The first-order chi connectivity index (χ1) is 8.61. The zero-order valence-corrected chi connectivity index (χ0v) is 11.0. The van der Waals surface area contributed by atoms with Gasteiger partial charge in [0.15, 0.2) is 0 Å². The molecular weight excluding hydrogens is 226 g/mol. The van der Waals surface area contributed by atoms with E-state index < -0.39 is 12.0 Å². The second-order valence-corrected chi connectivity index (χ2v) is 5.34. The molecule has 1 N–H and O–H groups in total. The minimum atomic E-state index is -0.742. The van der Waals surface area contributed by atoms with Crippen molar-refractivity contribution >= 4 is 5.97 Å². The molecule has 2 unspecified atom stereocenters. The third-order valence-corrected chi connectivity index (χ3v) is 3.79. The molecule has 0 saturated carbocycles. The van der Waals surface area contributed by atoms with Crippen molar-refractivity contribution in [3.05, 3.63) is 35.9 Å². The van der Waals surface area contributed by atoms with Crippen molar-refractivity contribution < 1.29 is 9.90 Å². The van der Waals surface area contributed by atoms with Crippen molar-refractivity contribution in [2.24, 2.45) is 5.92 Å². The molecule has 1 saturated heterocycles. The summed E-state index contributed by atoms with van der Waals surface area (Å²) in [5.74, 6) is -0.244. The van der Waals surface area contributed by atoms with Crippen LogP contribution in [0.25, 0.3) is 0 Å². The van der Waals surface area contributed by atoms with Crippen LogP contribution < -0.4 is 0 Å². The van der Waals surface area contributed by atoms with Crippen LogP contribution >= 0.6 is 0 Å². The summed E-state index contributed by atoms with van der Waals surface area (Å²) in [5.41, 5.74) is 0.887. The zero-order valence-electron chi connectivity index (χ0n) is 11.0. The molecule has 3 heteroatoms. The molecule has 0 amide bonds. The molecule has 3 nitrogen and oxygen atoms in total. The van der Waals surface area contributed by atoms with Crippen LogP contribution in [-0.4, -0.2) is 28.6 Å². The monoisotopic (exact) mass is 247 g/mol. The average Bonchev–Trinajstić information content (AvgIpc) is 2.79. The molecule has 1 fully saturated rings. The standard InChI is InChI=1S/C15H21NO2/c1-11(2)13-9-6-10-16(13)14(15(17)18)12-7-4-3-5-8-12/h3-5,7-8,11,13-14H,6,9-10H2,1-2H3,(H,17,18). The van der Waals surface area contributed by atoms with E-state index in [0.29, 0.717) is 12.0 Å². The van der Waals surface area contributed by atoms with Gasteiger partial charge in [-0.1, -0.05) is 44.2 Å². The number of carbonyl (C=O) groups is 1. The van der Waals surface area contributed by atoms with Gasteiger partial charge in [-0.3, -0.25) is 9.69 Å². The van der Waals surface area contributed by atoms with Crippen molar-refractivity contribution in [2.75, 3.05) is 6.54 Å². The van der Waals surface area contributed by atoms with Crippen LogP contribution in [0.2, 0.25) is 0 Å². The quantitative estimate of drug-likeness (QED) is 0.889. The number of hydrogen-bond acceptors (Lipinski definition) is 2. The molecule has 98 valence electrons. The number of aliphatic carboxylic acids is 1. The maximum atomic E-state index is 11.6. The first-order valence-corrected chi connectivity index (χ1v) is 6.64. The molecule has 0 aromatic heterocycles. The average molecular weight is 247 g/mol. The number of rotatable bonds is 4. The molecule has 2 atom stereocenters. The lowest BCUT2D eigenvalue weighted by Gasteiger charge is -2.32. The second-order valence-electron chi connectivity index (χ2n) is 5.34. The molecule has 18 heavy (non-hydrogen) atoms. The third-order valence-electron chi connectivity index (χ3n) is 3.79. The van der Waals surface area contributed by atoms with Gasteiger partial charge >= 0.3 is 5.97 Å². The molecule has 0 spiro atoms. The van der Waals surface area contributed by atoms with E-state index >= 15 is 0 Å². The van der Waals surface area contributed by atoms with Crippen molar-refractivity contribution in [3.63, 3.8) is 0 Å². The van der Waals surface area contributed by atoms with E-state index in [9.17, 15) is 9.90 Å². The zero-order chi connectivity index (χ0) is 13.1. The van der Waals surface area contributed by atoms with Crippen molar-refractivity contribution in [1.82, 2.24) is 4.90 Å². The molecule has 1 aliphatic rings. The van der Waals surface area contributed by atoms with Crippen LogP contribution in [0.15, 0.2) is 30.3 Å². The number of carboxylic acids is 1. The van der Waals surface area contributed by atoms with E-state index in [2.05, 4.69) is 18.7 Å². The van der Waals surface area contributed by atoms with E-state index in [1.807, 2.05) is 30.3 Å². The van der Waals surface area contributed by atoms with Gasteiger partial charge in [-0.15, -0.1) is 0 Å². The van der Waals surface area contributed by atoms with Crippen LogP contribution in [0.4, 0.5) is 0 Å². The topological polar surface area (TPSA) is 40.5 Å². The number of benzene rings is 1. The Balaban J connectivity index is 2.28. The molecular formula is C15H21NO2. The first-order valence-electron chi connectivity index (χ1n) is 6.64. The fraction of sp³-hybridized carbons (Fsp3) is 0.533. The summed E-state index contributed by atoms with van der Waals surface area (Å²) in [7, 11) is 0. The predicted octanol–water partition coefficient (Wildman–Crippen LogP) is 2.93. The Labute approximate surface area is 108 Å². The summed E-state index contributed by atoms with van der Waals surface area (Å²) in [4.78, 5) is 13.8. The highest BCUT2D eigenvalue weighted by atomic mass is 16.4. The predicted molar refractivity (Wildman–Crippen MR) is 71.4 cm³/mol. The Kier molecular flexibility index (Phi) is 4.02. The van der Waals surface area contributed by atoms with Gasteiger partial charge in [0.25, 0.3) is 0 Å². The number of hydrogen-bond donors (Lipinski definition) is 1. The van der Waals surface area contributed by atoms with Crippen molar-refractivity contribution in [1.29, 1.82) is 0 Å². The molecule has 0 aliphatic carbocycles. The Morgan fingerprint density at radius 2 is 2.00 bits per heavy atom. The Morgan fingerprint density at radius 1 is 1.33 bits per heavy atom. The molecule has 2 rings (SSSR count). The summed E-state index contributed by atoms with van der Waals surface area (Å²) < 4.78 is 0. The normalized spacial score (nSPS) is 22.3. The second kappa shape index (κ2) is 5.53. The Hall–Kier alpha value is -1.35. The maximum Gasteiger partial charge on any atom is 0.325 e. The summed E-state index contributed by atoms with van der Waals surface area (Å²) in [6, 6.07) is 9.44. The van der Waals surface area contributed by atoms with Gasteiger partial charge < -0.3 is 5.11 Å². The van der Waals surface area contributed by atoms with Gasteiger partial charge in [-0.05, 0) is 30.9 Å². The third kappa shape index (κ3) is 2.56. The van der Waals surface area contributed by atoms with Crippen LogP contribution in [0, 0.1) is 5.92 Å². The van der Waals surface area contributed by atoms with E-state index in [1.165, 1.54) is 0 Å². The minimum Gasteiger partial charge on any atom is -0.480 e. The number of likely N-dealkylation sites (tertiary alicyclic amines) is 1. The molecule has 1 aromatic carbocycles. The van der Waals surface area contributed by atoms with Crippen LogP contribution in [-0.2, 0) is 4.79 Å². The van der Waals surface area contributed by atoms with Crippen LogP contribution in [0.1, 0.15) is 38.3 Å². The fourth-order valence-corrected chi connectivity index (χ4v) is 2.96. The van der Waals surface area contributed by atoms with E-state index in [-0.39, 0.29) is 0 Å². The molecule has 0 radical (unpaired) electrons. The summed E-state index contributed by atoms with van der Waals surface area (Å²) in [6.45, 7) is 5.23. The highest BCUT2D eigenvalue weighted by Gasteiger charge is 2.36. The Morgan fingerprint density at radius 3 is 2.56 bits per heavy atom. The fourth-order valence-electron chi connectivity index (χ4n) is 2.96. The van der Waals surface area contributed by atoms with E-state index in [1.54, 1.807) is 0 Å². The van der Waals surface area contributed by atoms with Gasteiger partial charge in [0.2, 0.25) is 0 Å². The van der Waals surface area contributed by atoms with Gasteiger partial charge in [-0.25, -0.2) is 0 Å².